The second-order valence-corrected chi connectivity index (χ2v) is 10.6. The van der Waals surface area contributed by atoms with E-state index < -0.39 is 9.84 Å². The van der Waals surface area contributed by atoms with Crippen LogP contribution in [-0.2, 0) is 36.1 Å². The van der Waals surface area contributed by atoms with Crippen LogP contribution >= 0.6 is 0 Å². The summed E-state index contributed by atoms with van der Waals surface area (Å²) in [7, 11) is -3.29. The van der Waals surface area contributed by atoms with Crippen molar-refractivity contribution in [2.45, 2.75) is 45.0 Å². The van der Waals surface area contributed by atoms with E-state index in [0.29, 0.717) is 17.2 Å². The van der Waals surface area contributed by atoms with Gasteiger partial charge in [-0.2, -0.15) is 0 Å². The lowest BCUT2D eigenvalue weighted by atomic mass is 10.1. The molecule has 1 aromatic heterocycles. The first-order valence-electron chi connectivity index (χ1n) is 10.7. The monoisotopic (exact) mass is 453 g/mol. The van der Waals surface area contributed by atoms with Crippen molar-refractivity contribution in [2.75, 3.05) is 5.75 Å². The highest BCUT2D eigenvalue weighted by molar-refractivity contribution is 7.91. The maximum atomic E-state index is 12.5. The summed E-state index contributed by atoms with van der Waals surface area (Å²) in [6.07, 6.45) is 1.35. The van der Waals surface area contributed by atoms with Crippen LogP contribution < -0.4 is 10.2 Å². The second kappa shape index (κ2) is 9.30. The summed E-state index contributed by atoms with van der Waals surface area (Å²) >= 11 is 0. The predicted molar refractivity (Wildman–Crippen MR) is 122 cm³/mol. The van der Waals surface area contributed by atoms with Crippen molar-refractivity contribution in [2.24, 2.45) is 5.92 Å². The lowest BCUT2D eigenvalue weighted by Crippen LogP contribution is -2.17. The van der Waals surface area contributed by atoms with E-state index in [1.54, 1.807) is 24.3 Å². The topological polar surface area (TPSA) is 76.8 Å². The molecule has 2 aromatic carbocycles. The highest BCUT2D eigenvalue weighted by Gasteiger charge is 2.20. The molecule has 0 spiro atoms. The molecular formula is C25H27NO5S. The molecule has 2 heterocycles. The van der Waals surface area contributed by atoms with Crippen molar-refractivity contribution in [1.29, 1.82) is 0 Å². The maximum absolute atomic E-state index is 12.5. The fourth-order valence-electron chi connectivity index (χ4n) is 3.85. The van der Waals surface area contributed by atoms with Gasteiger partial charge in [0.2, 0.25) is 11.2 Å². The maximum Gasteiger partial charge on any atom is 0.227 e. The van der Waals surface area contributed by atoms with Gasteiger partial charge in [-0.15, -0.1) is 0 Å². The molecule has 1 aliphatic heterocycles. The molecule has 0 saturated carbocycles. The van der Waals surface area contributed by atoms with Gasteiger partial charge in [0.05, 0.1) is 17.2 Å². The summed E-state index contributed by atoms with van der Waals surface area (Å²) < 4.78 is 35.9. The molecule has 0 radical (unpaired) electrons. The Morgan fingerprint density at radius 1 is 1.03 bits per heavy atom. The van der Waals surface area contributed by atoms with Gasteiger partial charge in [-0.25, -0.2) is 8.42 Å². The minimum Gasteiger partial charge on any atom is -0.482 e. The van der Waals surface area contributed by atoms with Crippen LogP contribution in [-0.4, -0.2) is 19.1 Å². The zero-order valence-corrected chi connectivity index (χ0v) is 19.1. The van der Waals surface area contributed by atoms with Gasteiger partial charge in [0.25, 0.3) is 0 Å². The highest BCUT2D eigenvalue weighted by atomic mass is 32.2. The molecule has 7 heteroatoms. The van der Waals surface area contributed by atoms with Gasteiger partial charge < -0.3 is 9.15 Å². The van der Waals surface area contributed by atoms with Crippen LogP contribution in [0, 0.1) is 5.92 Å². The van der Waals surface area contributed by atoms with E-state index in [0.717, 1.165) is 18.7 Å². The van der Waals surface area contributed by atoms with Crippen LogP contribution in [0.2, 0.25) is 0 Å². The van der Waals surface area contributed by atoms with E-state index in [2.05, 4.69) is 17.0 Å². The molecule has 0 amide bonds. The van der Waals surface area contributed by atoms with Crippen LogP contribution in [0.1, 0.15) is 36.3 Å². The molecule has 0 atom stereocenters. The van der Waals surface area contributed by atoms with Gasteiger partial charge in [0.15, 0.2) is 9.84 Å². The number of sulfone groups is 1. The van der Waals surface area contributed by atoms with E-state index in [1.807, 2.05) is 26.0 Å². The first-order chi connectivity index (χ1) is 15.3. The fraction of sp³-hybridized carbons (Fsp3) is 0.320. The molecule has 0 N–H and O–H groups in total. The van der Waals surface area contributed by atoms with Gasteiger partial charge in [0, 0.05) is 19.2 Å². The van der Waals surface area contributed by atoms with Crippen LogP contribution in [0.25, 0.3) is 0 Å². The Balaban J connectivity index is 1.35. The SMILES string of the molecule is CC(C)CS(=O)(=O)c1ccc(COc2coc(CN3Cc4ccccc4C3)cc2=O)cc1. The molecular weight excluding hydrogens is 426 g/mol. The zero-order valence-electron chi connectivity index (χ0n) is 18.3. The normalized spacial score (nSPS) is 14.0. The third kappa shape index (κ3) is 5.29. The average Bonchev–Trinajstić information content (AvgIpc) is 3.15. The van der Waals surface area contributed by atoms with Gasteiger partial charge in [-0.05, 0) is 34.7 Å². The van der Waals surface area contributed by atoms with Crippen LogP contribution in [0.5, 0.6) is 5.75 Å². The van der Waals surface area contributed by atoms with Crippen molar-refractivity contribution in [3.63, 3.8) is 0 Å². The minimum absolute atomic E-state index is 0.0611. The van der Waals surface area contributed by atoms with Crippen LogP contribution in [0.4, 0.5) is 0 Å². The first-order valence-corrected chi connectivity index (χ1v) is 12.3. The number of benzene rings is 2. The molecule has 3 aromatic rings. The van der Waals surface area contributed by atoms with Gasteiger partial charge in [0.1, 0.15) is 18.6 Å². The molecule has 0 saturated heterocycles. The Morgan fingerprint density at radius 3 is 2.28 bits per heavy atom. The third-order valence-corrected chi connectivity index (χ3v) is 7.46. The smallest absolute Gasteiger partial charge is 0.227 e. The Labute approximate surface area is 188 Å². The molecule has 168 valence electrons. The standard InChI is InChI=1S/C25H27NO5S/c1-18(2)17-32(28,29)23-9-7-19(8-10-23)15-31-25-16-30-22(11-24(25)27)14-26-12-20-5-3-4-6-21(20)13-26/h3-11,16,18H,12-15,17H2,1-2H3. The molecule has 0 aliphatic carbocycles. The van der Waals surface area contributed by atoms with E-state index in [-0.39, 0.29) is 29.5 Å². The molecule has 32 heavy (non-hydrogen) atoms. The van der Waals surface area contributed by atoms with E-state index in [1.165, 1.54) is 23.5 Å². The summed E-state index contributed by atoms with van der Waals surface area (Å²) in [6.45, 7) is 6.12. The van der Waals surface area contributed by atoms with Crippen molar-refractivity contribution in [3.05, 3.63) is 93.5 Å². The summed E-state index contributed by atoms with van der Waals surface area (Å²) in [6, 6.07) is 16.3. The predicted octanol–water partition coefficient (Wildman–Crippen LogP) is 4.16. The lowest BCUT2D eigenvalue weighted by molar-refractivity contribution is 0.241. The van der Waals surface area contributed by atoms with Gasteiger partial charge in [-0.3, -0.25) is 9.69 Å². The summed E-state index contributed by atoms with van der Waals surface area (Å²) in [4.78, 5) is 15.0. The van der Waals surface area contributed by atoms with Gasteiger partial charge >= 0.3 is 0 Å². The number of nitrogens with zero attached hydrogens (tertiary/aromatic N) is 1. The van der Waals surface area contributed by atoms with Crippen molar-refractivity contribution in [3.8, 4) is 5.75 Å². The van der Waals surface area contributed by atoms with Crippen molar-refractivity contribution < 1.29 is 17.6 Å². The Kier molecular flexibility index (Phi) is 6.48. The van der Waals surface area contributed by atoms with E-state index in [4.69, 9.17) is 9.15 Å². The minimum atomic E-state index is -3.29. The zero-order chi connectivity index (χ0) is 22.7. The molecule has 0 unspecified atom stereocenters. The largest absolute Gasteiger partial charge is 0.482 e. The summed E-state index contributed by atoms with van der Waals surface area (Å²) in [5, 5.41) is 0. The Morgan fingerprint density at radius 2 is 1.69 bits per heavy atom. The first kappa shape index (κ1) is 22.3. The summed E-state index contributed by atoms with van der Waals surface area (Å²) in [5.74, 6) is 0.899. The highest BCUT2D eigenvalue weighted by Crippen LogP contribution is 2.24. The Bertz CT molecular complexity index is 1220. The quantitative estimate of drug-likeness (QED) is 0.510. The van der Waals surface area contributed by atoms with Crippen LogP contribution in [0.15, 0.2) is 75.0 Å². The molecule has 6 nitrogen and oxygen atoms in total. The molecule has 4 rings (SSSR count). The molecule has 0 bridgehead atoms. The number of hydrogen-bond acceptors (Lipinski definition) is 6. The Hall–Kier alpha value is -2.90. The lowest BCUT2D eigenvalue weighted by Gasteiger charge is -2.14. The number of fused-ring (bicyclic) bond motifs is 1. The van der Waals surface area contributed by atoms with Gasteiger partial charge in [-0.1, -0.05) is 50.2 Å². The van der Waals surface area contributed by atoms with Crippen molar-refractivity contribution in [1.82, 2.24) is 4.90 Å². The molecule has 1 aliphatic rings. The summed E-state index contributed by atoms with van der Waals surface area (Å²) in [5.41, 5.74) is 3.14. The average molecular weight is 454 g/mol. The van der Waals surface area contributed by atoms with Crippen molar-refractivity contribution >= 4 is 9.84 Å². The van der Waals surface area contributed by atoms with Crippen LogP contribution in [0.3, 0.4) is 0 Å². The molecule has 0 fully saturated rings. The number of hydrogen-bond donors (Lipinski definition) is 0. The number of ether oxygens (including phenoxy) is 1. The third-order valence-electron chi connectivity index (χ3n) is 5.37. The van der Waals surface area contributed by atoms with E-state index >= 15 is 0 Å². The second-order valence-electron chi connectivity index (χ2n) is 8.60. The van der Waals surface area contributed by atoms with E-state index in [9.17, 15) is 13.2 Å². The number of rotatable bonds is 8. The fourth-order valence-corrected chi connectivity index (χ4v) is 5.47.